The molecule has 0 aliphatic heterocycles. The summed E-state index contributed by atoms with van der Waals surface area (Å²) in [5.74, 6) is -1.27. The van der Waals surface area contributed by atoms with Crippen LogP contribution in [0.25, 0.3) is 0 Å². The van der Waals surface area contributed by atoms with Gasteiger partial charge >= 0.3 is 5.97 Å². The summed E-state index contributed by atoms with van der Waals surface area (Å²) in [5, 5.41) is 9.28. The summed E-state index contributed by atoms with van der Waals surface area (Å²) in [7, 11) is -3.51. The lowest BCUT2D eigenvalue weighted by Crippen LogP contribution is -2.54. The molecule has 1 saturated carbocycles. The van der Waals surface area contributed by atoms with Gasteiger partial charge in [-0.2, -0.15) is 13.1 Å². The van der Waals surface area contributed by atoms with Gasteiger partial charge in [-0.15, -0.1) is 0 Å². The van der Waals surface area contributed by atoms with Crippen LogP contribution in [0.5, 0.6) is 0 Å². The molecular weight excluding hydrogens is 280 g/mol. The van der Waals surface area contributed by atoms with Crippen molar-refractivity contribution in [2.24, 2.45) is 17.3 Å². The molecule has 0 radical (unpaired) electrons. The smallest absolute Gasteiger partial charge is 0.307 e. The summed E-state index contributed by atoms with van der Waals surface area (Å²) in [4.78, 5) is 11.3. The zero-order valence-electron chi connectivity index (χ0n) is 12.6. The largest absolute Gasteiger partial charge is 0.481 e. The number of carboxylic acid groups (broad SMARTS) is 1. The molecule has 7 heteroatoms. The number of rotatable bonds is 6. The van der Waals surface area contributed by atoms with Gasteiger partial charge in [0, 0.05) is 12.6 Å². The standard InChI is InChI=1S/C13H26N2O4S/c1-5-8-14-20(18,19)15-11-7-6-10(12(16)17)13(3,4)9(11)2/h9-11,14-15H,5-8H2,1-4H3,(H,16,17). The number of carboxylic acids is 1. The Bertz CT molecular complexity index is 447. The first-order valence-electron chi connectivity index (χ1n) is 7.11. The summed E-state index contributed by atoms with van der Waals surface area (Å²) < 4.78 is 28.9. The van der Waals surface area contributed by atoms with Gasteiger partial charge in [0.2, 0.25) is 0 Å². The topological polar surface area (TPSA) is 95.5 Å². The normalized spacial score (nSPS) is 30.1. The highest BCUT2D eigenvalue weighted by Crippen LogP contribution is 2.45. The Morgan fingerprint density at radius 2 is 1.95 bits per heavy atom. The first-order valence-corrected chi connectivity index (χ1v) is 8.60. The Balaban J connectivity index is 2.78. The van der Waals surface area contributed by atoms with Crippen LogP contribution in [0.4, 0.5) is 0 Å². The van der Waals surface area contributed by atoms with Crippen LogP contribution in [0.15, 0.2) is 0 Å². The molecule has 1 fully saturated rings. The number of nitrogens with one attached hydrogen (secondary N) is 2. The lowest BCUT2D eigenvalue weighted by molar-refractivity contribution is -0.150. The van der Waals surface area contributed by atoms with Crippen LogP contribution in [0.3, 0.4) is 0 Å². The highest BCUT2D eigenvalue weighted by atomic mass is 32.2. The van der Waals surface area contributed by atoms with Gasteiger partial charge in [0.05, 0.1) is 5.92 Å². The minimum atomic E-state index is -3.51. The molecule has 0 heterocycles. The summed E-state index contributed by atoms with van der Waals surface area (Å²) in [6.45, 7) is 8.01. The van der Waals surface area contributed by atoms with Gasteiger partial charge in [-0.1, -0.05) is 27.7 Å². The van der Waals surface area contributed by atoms with E-state index in [1.807, 2.05) is 27.7 Å². The second-order valence-corrected chi connectivity index (χ2v) is 7.73. The first-order chi connectivity index (χ1) is 9.12. The first kappa shape index (κ1) is 17.4. The zero-order chi connectivity index (χ0) is 15.6. The van der Waals surface area contributed by atoms with Crippen molar-refractivity contribution in [1.29, 1.82) is 0 Å². The molecule has 0 aromatic rings. The molecule has 1 rings (SSSR count). The predicted molar refractivity (Wildman–Crippen MR) is 77.4 cm³/mol. The van der Waals surface area contributed by atoms with Gasteiger partial charge < -0.3 is 5.11 Å². The van der Waals surface area contributed by atoms with E-state index in [4.69, 9.17) is 0 Å². The molecule has 0 amide bonds. The van der Waals surface area contributed by atoms with Crippen LogP contribution in [-0.4, -0.2) is 32.1 Å². The third-order valence-electron chi connectivity index (χ3n) is 4.59. The van der Waals surface area contributed by atoms with Crippen LogP contribution >= 0.6 is 0 Å². The van der Waals surface area contributed by atoms with Gasteiger partial charge in [-0.25, -0.2) is 4.72 Å². The second-order valence-electron chi connectivity index (χ2n) is 6.20. The Kier molecular flexibility index (Phi) is 5.57. The van der Waals surface area contributed by atoms with E-state index in [0.29, 0.717) is 19.4 Å². The summed E-state index contributed by atoms with van der Waals surface area (Å²) in [6.07, 6.45) is 1.77. The molecule has 0 aromatic heterocycles. The van der Waals surface area contributed by atoms with Crippen LogP contribution in [0, 0.1) is 17.3 Å². The van der Waals surface area contributed by atoms with Crippen molar-refractivity contribution < 1.29 is 18.3 Å². The highest BCUT2D eigenvalue weighted by Gasteiger charge is 2.47. The van der Waals surface area contributed by atoms with E-state index >= 15 is 0 Å². The Morgan fingerprint density at radius 3 is 2.45 bits per heavy atom. The van der Waals surface area contributed by atoms with Crippen molar-refractivity contribution in [1.82, 2.24) is 9.44 Å². The third kappa shape index (κ3) is 3.93. The van der Waals surface area contributed by atoms with Crippen LogP contribution in [-0.2, 0) is 15.0 Å². The molecule has 0 aromatic carbocycles. The molecule has 0 saturated heterocycles. The van der Waals surface area contributed by atoms with Gasteiger partial charge in [-0.05, 0) is 30.6 Å². The molecular formula is C13H26N2O4S. The monoisotopic (exact) mass is 306 g/mol. The fourth-order valence-corrected chi connectivity index (χ4v) is 4.16. The van der Waals surface area contributed by atoms with E-state index < -0.39 is 27.5 Å². The average molecular weight is 306 g/mol. The molecule has 1 aliphatic rings. The average Bonchev–Trinajstić information content (AvgIpc) is 2.32. The molecule has 20 heavy (non-hydrogen) atoms. The lowest BCUT2D eigenvalue weighted by Gasteiger charge is -2.46. The molecule has 3 unspecified atom stereocenters. The SMILES string of the molecule is CCCNS(=O)(=O)NC1CCC(C(=O)O)C(C)(C)C1C. The maximum absolute atomic E-state index is 11.9. The van der Waals surface area contributed by atoms with E-state index in [1.165, 1.54) is 0 Å². The number of hydrogen-bond acceptors (Lipinski definition) is 3. The van der Waals surface area contributed by atoms with E-state index in [0.717, 1.165) is 6.42 Å². The van der Waals surface area contributed by atoms with Crippen molar-refractivity contribution in [3.8, 4) is 0 Å². The van der Waals surface area contributed by atoms with E-state index in [-0.39, 0.29) is 12.0 Å². The van der Waals surface area contributed by atoms with E-state index in [1.54, 1.807) is 0 Å². The van der Waals surface area contributed by atoms with Crippen molar-refractivity contribution in [2.75, 3.05) is 6.54 Å². The Morgan fingerprint density at radius 1 is 1.35 bits per heavy atom. The predicted octanol–water partition coefficient (Wildman–Crippen LogP) is 1.35. The second kappa shape index (κ2) is 6.41. The maximum atomic E-state index is 11.9. The molecule has 0 spiro atoms. The molecule has 118 valence electrons. The van der Waals surface area contributed by atoms with Crippen molar-refractivity contribution in [3.63, 3.8) is 0 Å². The van der Waals surface area contributed by atoms with E-state index in [2.05, 4.69) is 9.44 Å². The van der Waals surface area contributed by atoms with Gasteiger partial charge in [0.1, 0.15) is 0 Å². The highest BCUT2D eigenvalue weighted by molar-refractivity contribution is 7.87. The molecule has 6 nitrogen and oxygen atoms in total. The quantitative estimate of drug-likeness (QED) is 0.690. The van der Waals surface area contributed by atoms with Crippen molar-refractivity contribution in [3.05, 3.63) is 0 Å². The van der Waals surface area contributed by atoms with Gasteiger partial charge in [0.15, 0.2) is 0 Å². The van der Waals surface area contributed by atoms with Crippen LogP contribution in [0.1, 0.15) is 47.0 Å². The fraction of sp³-hybridized carbons (Fsp3) is 0.923. The van der Waals surface area contributed by atoms with Crippen molar-refractivity contribution >= 4 is 16.2 Å². The minimum Gasteiger partial charge on any atom is -0.481 e. The summed E-state index contributed by atoms with van der Waals surface area (Å²) in [6, 6.07) is -0.227. The summed E-state index contributed by atoms with van der Waals surface area (Å²) >= 11 is 0. The van der Waals surface area contributed by atoms with Crippen LogP contribution < -0.4 is 9.44 Å². The number of carbonyl (C=O) groups is 1. The molecule has 3 atom stereocenters. The number of aliphatic carboxylic acids is 1. The van der Waals surface area contributed by atoms with Crippen LogP contribution in [0.2, 0.25) is 0 Å². The summed E-state index contributed by atoms with van der Waals surface area (Å²) in [5.41, 5.74) is -0.442. The Labute approximate surface area is 121 Å². The van der Waals surface area contributed by atoms with Gasteiger partial charge in [-0.3, -0.25) is 4.79 Å². The van der Waals surface area contributed by atoms with Crippen molar-refractivity contribution in [2.45, 2.75) is 53.0 Å². The lowest BCUT2D eigenvalue weighted by atomic mass is 9.61. The maximum Gasteiger partial charge on any atom is 0.307 e. The molecule has 1 aliphatic carbocycles. The number of hydrogen-bond donors (Lipinski definition) is 3. The Hall–Kier alpha value is -0.660. The fourth-order valence-electron chi connectivity index (χ4n) is 2.88. The van der Waals surface area contributed by atoms with Gasteiger partial charge in [0.25, 0.3) is 10.2 Å². The van der Waals surface area contributed by atoms with E-state index in [9.17, 15) is 18.3 Å². The minimum absolute atomic E-state index is 0.0458. The zero-order valence-corrected chi connectivity index (χ0v) is 13.5. The molecule has 0 bridgehead atoms. The third-order valence-corrected chi connectivity index (χ3v) is 5.79. The molecule has 3 N–H and O–H groups in total.